The number of rotatable bonds is 12. The van der Waals surface area contributed by atoms with Gasteiger partial charge in [-0.25, -0.2) is 8.42 Å². The van der Waals surface area contributed by atoms with Crippen molar-refractivity contribution in [3.63, 3.8) is 0 Å². The number of aliphatic carboxylic acids is 1. The largest absolute Gasteiger partial charge is 0.481 e. The van der Waals surface area contributed by atoms with Crippen LogP contribution in [0.15, 0.2) is 108 Å². The van der Waals surface area contributed by atoms with E-state index in [1.165, 1.54) is 4.31 Å². The summed E-state index contributed by atoms with van der Waals surface area (Å²) in [7, 11) is -4.06. The Morgan fingerprint density at radius 3 is 2.05 bits per heavy atom. The van der Waals surface area contributed by atoms with E-state index in [9.17, 15) is 18.3 Å². The van der Waals surface area contributed by atoms with Crippen LogP contribution in [0.1, 0.15) is 28.3 Å². The molecule has 208 valence electrons. The zero-order valence-corrected chi connectivity index (χ0v) is 24.2. The van der Waals surface area contributed by atoms with Crippen LogP contribution in [0.4, 0.5) is 0 Å². The molecule has 0 saturated carbocycles. The lowest BCUT2D eigenvalue weighted by molar-refractivity contribution is -0.143. The van der Waals surface area contributed by atoms with Crippen molar-refractivity contribution in [2.45, 2.75) is 31.0 Å². The van der Waals surface area contributed by atoms with Gasteiger partial charge in [0, 0.05) is 35.7 Å². The van der Waals surface area contributed by atoms with Gasteiger partial charge in [0.1, 0.15) is 0 Å². The summed E-state index contributed by atoms with van der Waals surface area (Å²) in [6, 6.07) is 29.2. The van der Waals surface area contributed by atoms with Gasteiger partial charge < -0.3 is 10.4 Å². The van der Waals surface area contributed by atoms with E-state index in [1.807, 2.05) is 67.6 Å². The second kappa shape index (κ2) is 13.4. The molecule has 0 fully saturated rings. The quantitative estimate of drug-likeness (QED) is 0.189. The third kappa shape index (κ3) is 7.50. The lowest BCUT2D eigenvalue weighted by Crippen LogP contribution is -2.43. The number of carboxylic acids is 1. The fraction of sp³-hybridized carbons (Fsp3) is 0.194. The Morgan fingerprint density at radius 1 is 0.875 bits per heavy atom. The molecule has 6 nitrogen and oxygen atoms in total. The van der Waals surface area contributed by atoms with Gasteiger partial charge in [-0.3, -0.25) is 4.79 Å². The van der Waals surface area contributed by atoms with Crippen LogP contribution in [-0.4, -0.2) is 30.3 Å². The second-order valence-corrected chi connectivity index (χ2v) is 12.3. The molecule has 2 atom stereocenters. The van der Waals surface area contributed by atoms with Crippen LogP contribution in [-0.2, 0) is 27.9 Å². The van der Waals surface area contributed by atoms with E-state index in [1.54, 1.807) is 42.5 Å². The molecular formula is C31H30Cl2N2O4S. The number of carbonyl (C=O) groups is 1. The number of benzene rings is 4. The molecule has 4 aromatic carbocycles. The topological polar surface area (TPSA) is 86.7 Å². The number of halogens is 2. The highest BCUT2D eigenvalue weighted by molar-refractivity contribution is 7.89. The smallest absolute Gasteiger partial charge is 0.309 e. The minimum atomic E-state index is -4.06. The van der Waals surface area contributed by atoms with Gasteiger partial charge in [0.25, 0.3) is 0 Å². The van der Waals surface area contributed by atoms with Crippen LogP contribution in [0.5, 0.6) is 0 Å². The van der Waals surface area contributed by atoms with E-state index < -0.39 is 28.0 Å². The van der Waals surface area contributed by atoms with Crippen molar-refractivity contribution in [1.29, 1.82) is 0 Å². The van der Waals surface area contributed by atoms with Crippen molar-refractivity contribution in [2.75, 3.05) is 6.54 Å². The normalized spacial score (nSPS) is 13.2. The van der Waals surface area contributed by atoms with Crippen LogP contribution in [0.2, 0.25) is 10.0 Å². The van der Waals surface area contributed by atoms with E-state index in [4.69, 9.17) is 23.2 Å². The predicted molar refractivity (Wildman–Crippen MR) is 159 cm³/mol. The van der Waals surface area contributed by atoms with Crippen LogP contribution < -0.4 is 5.32 Å². The Hall–Kier alpha value is -3.20. The second-order valence-electron chi connectivity index (χ2n) is 9.55. The van der Waals surface area contributed by atoms with Crippen LogP contribution in [0.3, 0.4) is 0 Å². The standard InChI is InChI=1S/C31H30Cl2N2O4S/c1-22-12-15-26(16-13-22)40(38,39)35(20-24-10-6-3-7-11-24)21-28(31(36)37)30(27-17-14-25(32)18-29(27)33)34-19-23-8-4-2-5-9-23/h2-18,28,30,34H,19-21H2,1H3,(H,36,37). The monoisotopic (exact) mass is 596 g/mol. The molecular weight excluding hydrogens is 567 g/mol. The Labute approximate surface area is 245 Å². The zero-order chi connectivity index (χ0) is 28.7. The maximum absolute atomic E-state index is 13.9. The summed E-state index contributed by atoms with van der Waals surface area (Å²) in [6.07, 6.45) is 0. The van der Waals surface area contributed by atoms with Crippen molar-refractivity contribution >= 4 is 39.2 Å². The average molecular weight is 598 g/mol. The first-order valence-corrected chi connectivity index (χ1v) is 14.9. The lowest BCUT2D eigenvalue weighted by atomic mass is 9.92. The van der Waals surface area contributed by atoms with Gasteiger partial charge in [-0.1, -0.05) is 108 Å². The Balaban J connectivity index is 1.76. The van der Waals surface area contributed by atoms with Crippen molar-refractivity contribution < 1.29 is 18.3 Å². The maximum Gasteiger partial charge on any atom is 0.309 e. The molecule has 0 aliphatic heterocycles. The Bertz CT molecular complexity index is 1530. The van der Waals surface area contributed by atoms with Gasteiger partial charge in [-0.05, 0) is 47.9 Å². The summed E-state index contributed by atoms with van der Waals surface area (Å²) in [5.41, 5.74) is 3.11. The van der Waals surface area contributed by atoms with Crippen LogP contribution in [0.25, 0.3) is 0 Å². The van der Waals surface area contributed by atoms with E-state index in [2.05, 4.69) is 5.32 Å². The highest BCUT2D eigenvalue weighted by atomic mass is 35.5. The van der Waals surface area contributed by atoms with Gasteiger partial charge in [-0.2, -0.15) is 4.31 Å². The molecule has 0 spiro atoms. The van der Waals surface area contributed by atoms with Crippen LogP contribution in [0, 0.1) is 12.8 Å². The molecule has 0 aliphatic carbocycles. The third-order valence-electron chi connectivity index (χ3n) is 6.65. The van der Waals surface area contributed by atoms with Crippen LogP contribution >= 0.6 is 23.2 Å². The van der Waals surface area contributed by atoms with Gasteiger partial charge in [-0.15, -0.1) is 0 Å². The van der Waals surface area contributed by atoms with E-state index in [0.717, 1.165) is 16.7 Å². The molecule has 0 aromatic heterocycles. The predicted octanol–water partition coefficient (Wildman–Crippen LogP) is 6.72. The SMILES string of the molecule is Cc1ccc(S(=O)(=O)N(Cc2ccccc2)CC(C(=O)O)C(NCc2ccccc2)c2ccc(Cl)cc2Cl)cc1. The first-order chi connectivity index (χ1) is 19.1. The number of aryl methyl sites for hydroxylation is 1. The van der Waals surface area contributed by atoms with Gasteiger partial charge in [0.15, 0.2) is 0 Å². The fourth-order valence-corrected chi connectivity index (χ4v) is 6.47. The maximum atomic E-state index is 13.9. The first-order valence-electron chi connectivity index (χ1n) is 12.7. The molecule has 0 bridgehead atoms. The fourth-order valence-electron chi connectivity index (χ4n) is 4.49. The van der Waals surface area contributed by atoms with Crippen molar-refractivity contribution in [3.8, 4) is 0 Å². The molecule has 9 heteroatoms. The van der Waals surface area contributed by atoms with E-state index in [0.29, 0.717) is 22.2 Å². The molecule has 2 unspecified atom stereocenters. The highest BCUT2D eigenvalue weighted by Gasteiger charge is 2.36. The third-order valence-corrected chi connectivity index (χ3v) is 9.04. The molecule has 4 rings (SSSR count). The number of carboxylic acid groups (broad SMARTS) is 1. The minimum absolute atomic E-state index is 0.000580. The van der Waals surface area contributed by atoms with Gasteiger partial charge in [0.05, 0.1) is 10.8 Å². The summed E-state index contributed by atoms with van der Waals surface area (Å²) in [4.78, 5) is 13.0. The highest BCUT2D eigenvalue weighted by Crippen LogP contribution is 2.33. The number of sulfonamides is 1. The van der Waals surface area contributed by atoms with Crippen molar-refractivity contribution in [2.24, 2.45) is 5.92 Å². The molecule has 0 radical (unpaired) electrons. The molecule has 0 aliphatic rings. The molecule has 40 heavy (non-hydrogen) atoms. The van der Waals surface area contributed by atoms with Crippen molar-refractivity contribution in [3.05, 3.63) is 135 Å². The van der Waals surface area contributed by atoms with E-state index in [-0.39, 0.29) is 18.0 Å². The zero-order valence-electron chi connectivity index (χ0n) is 21.9. The summed E-state index contributed by atoms with van der Waals surface area (Å²) in [5, 5.41) is 14.5. The van der Waals surface area contributed by atoms with Crippen molar-refractivity contribution in [1.82, 2.24) is 9.62 Å². The molecule has 0 heterocycles. The Morgan fingerprint density at radius 2 is 1.48 bits per heavy atom. The summed E-state index contributed by atoms with van der Waals surface area (Å²) in [5.74, 6) is -2.35. The molecule has 4 aromatic rings. The molecule has 2 N–H and O–H groups in total. The number of hydrogen-bond donors (Lipinski definition) is 2. The molecule has 0 amide bonds. The lowest BCUT2D eigenvalue weighted by Gasteiger charge is -2.31. The summed E-state index contributed by atoms with van der Waals surface area (Å²) in [6.45, 7) is 1.92. The van der Waals surface area contributed by atoms with Gasteiger partial charge in [0.2, 0.25) is 10.0 Å². The van der Waals surface area contributed by atoms with Gasteiger partial charge >= 0.3 is 5.97 Å². The summed E-state index contributed by atoms with van der Waals surface area (Å²) >= 11 is 12.7. The minimum Gasteiger partial charge on any atom is -0.481 e. The Kier molecular flexibility index (Phi) is 10.0. The summed E-state index contributed by atoms with van der Waals surface area (Å²) < 4.78 is 29.1. The number of nitrogens with zero attached hydrogens (tertiary/aromatic N) is 1. The average Bonchev–Trinajstić information content (AvgIpc) is 2.94. The van der Waals surface area contributed by atoms with E-state index >= 15 is 0 Å². The first kappa shape index (κ1) is 29.8. The molecule has 0 saturated heterocycles. The number of nitrogens with one attached hydrogen (secondary N) is 1. The number of hydrogen-bond acceptors (Lipinski definition) is 4.